The average molecular weight is 283 g/mol. The lowest BCUT2D eigenvalue weighted by Crippen LogP contribution is -2.45. The SMILES string of the molecule is CCOC1(C(N)c2cccc3ccccc23)CCCCC1. The Kier molecular flexibility index (Phi) is 4.27. The smallest absolute Gasteiger partial charge is 0.0874 e. The van der Waals surface area contributed by atoms with Gasteiger partial charge in [-0.3, -0.25) is 0 Å². The fraction of sp³-hybridized carbons (Fsp3) is 0.474. The van der Waals surface area contributed by atoms with Crippen LogP contribution in [0.1, 0.15) is 50.6 Å². The van der Waals surface area contributed by atoms with Crippen LogP contribution in [0.4, 0.5) is 0 Å². The highest BCUT2D eigenvalue weighted by Crippen LogP contribution is 2.41. The lowest BCUT2D eigenvalue weighted by Gasteiger charge is -2.42. The molecule has 1 fully saturated rings. The monoisotopic (exact) mass is 283 g/mol. The van der Waals surface area contributed by atoms with E-state index in [2.05, 4.69) is 49.4 Å². The Hall–Kier alpha value is -1.38. The van der Waals surface area contributed by atoms with Crippen LogP contribution in [-0.4, -0.2) is 12.2 Å². The zero-order valence-corrected chi connectivity index (χ0v) is 12.8. The zero-order valence-electron chi connectivity index (χ0n) is 12.8. The van der Waals surface area contributed by atoms with E-state index in [1.54, 1.807) is 0 Å². The predicted octanol–water partition coefficient (Wildman–Crippen LogP) is 4.58. The third-order valence-corrected chi connectivity index (χ3v) is 4.86. The standard InChI is InChI=1S/C19H25NO/c1-2-21-19(13-6-3-7-14-19)18(20)17-12-8-10-15-9-4-5-11-16(15)17/h4-5,8-12,18H,2-3,6-7,13-14,20H2,1H3. The molecule has 0 spiro atoms. The quantitative estimate of drug-likeness (QED) is 0.891. The van der Waals surface area contributed by atoms with Crippen LogP contribution in [0, 0.1) is 0 Å². The molecule has 2 nitrogen and oxygen atoms in total. The van der Waals surface area contributed by atoms with E-state index in [1.807, 2.05) is 0 Å². The first-order chi connectivity index (χ1) is 10.3. The van der Waals surface area contributed by atoms with Crippen LogP contribution in [0.15, 0.2) is 42.5 Å². The number of benzene rings is 2. The van der Waals surface area contributed by atoms with Gasteiger partial charge in [-0.15, -0.1) is 0 Å². The van der Waals surface area contributed by atoms with Crippen LogP contribution in [0.25, 0.3) is 10.8 Å². The van der Waals surface area contributed by atoms with E-state index < -0.39 is 0 Å². The third kappa shape index (κ3) is 2.70. The zero-order chi connectivity index (χ0) is 14.7. The summed E-state index contributed by atoms with van der Waals surface area (Å²) >= 11 is 0. The molecule has 0 radical (unpaired) electrons. The fourth-order valence-electron chi connectivity index (χ4n) is 3.79. The van der Waals surface area contributed by atoms with Crippen molar-refractivity contribution < 1.29 is 4.74 Å². The minimum atomic E-state index is -0.183. The van der Waals surface area contributed by atoms with Gasteiger partial charge in [0.1, 0.15) is 0 Å². The van der Waals surface area contributed by atoms with Crippen molar-refractivity contribution in [3.8, 4) is 0 Å². The van der Waals surface area contributed by atoms with E-state index in [0.29, 0.717) is 0 Å². The highest BCUT2D eigenvalue weighted by atomic mass is 16.5. The number of hydrogen-bond donors (Lipinski definition) is 1. The summed E-state index contributed by atoms with van der Waals surface area (Å²) in [6.45, 7) is 2.81. The fourth-order valence-corrected chi connectivity index (χ4v) is 3.79. The molecule has 2 heteroatoms. The van der Waals surface area contributed by atoms with Crippen LogP contribution in [0.3, 0.4) is 0 Å². The van der Waals surface area contributed by atoms with Gasteiger partial charge in [0.15, 0.2) is 0 Å². The summed E-state index contributed by atoms with van der Waals surface area (Å²) in [5, 5.41) is 2.52. The highest BCUT2D eigenvalue weighted by molar-refractivity contribution is 5.86. The minimum Gasteiger partial charge on any atom is -0.373 e. The second-order valence-corrected chi connectivity index (χ2v) is 6.10. The summed E-state index contributed by atoms with van der Waals surface area (Å²) in [7, 11) is 0. The number of fused-ring (bicyclic) bond motifs is 1. The van der Waals surface area contributed by atoms with Crippen molar-refractivity contribution in [1.29, 1.82) is 0 Å². The molecule has 0 aliphatic heterocycles. The maximum atomic E-state index is 6.73. The first kappa shape index (κ1) is 14.6. The van der Waals surface area contributed by atoms with Gasteiger partial charge in [0.25, 0.3) is 0 Å². The molecule has 2 aromatic rings. The van der Waals surface area contributed by atoms with Crippen LogP contribution < -0.4 is 5.73 Å². The summed E-state index contributed by atoms with van der Waals surface area (Å²) in [5.41, 5.74) is 7.77. The van der Waals surface area contributed by atoms with E-state index in [9.17, 15) is 0 Å². The second-order valence-electron chi connectivity index (χ2n) is 6.10. The predicted molar refractivity (Wildman–Crippen MR) is 88.3 cm³/mol. The maximum absolute atomic E-state index is 6.73. The summed E-state index contributed by atoms with van der Waals surface area (Å²) in [5.74, 6) is 0. The van der Waals surface area contributed by atoms with Gasteiger partial charge in [0, 0.05) is 6.61 Å². The molecule has 1 unspecified atom stereocenters. The lowest BCUT2D eigenvalue weighted by atomic mass is 9.76. The largest absolute Gasteiger partial charge is 0.373 e. The molecule has 3 rings (SSSR count). The molecular weight excluding hydrogens is 258 g/mol. The third-order valence-electron chi connectivity index (χ3n) is 4.86. The Balaban J connectivity index is 2.03. The minimum absolute atomic E-state index is 0.0520. The van der Waals surface area contributed by atoms with E-state index in [1.165, 1.54) is 35.6 Å². The van der Waals surface area contributed by atoms with Gasteiger partial charge in [-0.05, 0) is 36.1 Å². The van der Waals surface area contributed by atoms with Crippen LogP contribution >= 0.6 is 0 Å². The van der Waals surface area contributed by atoms with Gasteiger partial charge >= 0.3 is 0 Å². The van der Waals surface area contributed by atoms with E-state index in [-0.39, 0.29) is 11.6 Å². The molecule has 1 atom stereocenters. The van der Waals surface area contributed by atoms with Gasteiger partial charge in [0.05, 0.1) is 11.6 Å². The normalized spacial score (nSPS) is 19.5. The molecule has 21 heavy (non-hydrogen) atoms. The van der Waals surface area contributed by atoms with Gasteiger partial charge in [-0.1, -0.05) is 61.7 Å². The Morgan fingerprint density at radius 3 is 2.52 bits per heavy atom. The van der Waals surface area contributed by atoms with Crippen molar-refractivity contribution in [2.45, 2.75) is 50.7 Å². The summed E-state index contributed by atoms with van der Waals surface area (Å²) in [4.78, 5) is 0. The Morgan fingerprint density at radius 2 is 1.76 bits per heavy atom. The number of hydrogen-bond acceptors (Lipinski definition) is 2. The first-order valence-electron chi connectivity index (χ1n) is 8.14. The topological polar surface area (TPSA) is 35.2 Å². The van der Waals surface area contributed by atoms with Crippen molar-refractivity contribution in [3.05, 3.63) is 48.0 Å². The molecule has 0 aromatic heterocycles. The van der Waals surface area contributed by atoms with Gasteiger partial charge in [-0.25, -0.2) is 0 Å². The van der Waals surface area contributed by atoms with Gasteiger partial charge in [0.2, 0.25) is 0 Å². The van der Waals surface area contributed by atoms with Crippen LogP contribution in [0.2, 0.25) is 0 Å². The number of rotatable bonds is 4. The van der Waals surface area contributed by atoms with Crippen molar-refractivity contribution in [2.75, 3.05) is 6.61 Å². The molecule has 2 aromatic carbocycles. The number of nitrogens with two attached hydrogens (primary N) is 1. The van der Waals surface area contributed by atoms with Crippen LogP contribution in [-0.2, 0) is 4.74 Å². The molecule has 1 aliphatic carbocycles. The van der Waals surface area contributed by atoms with E-state index in [4.69, 9.17) is 10.5 Å². The van der Waals surface area contributed by atoms with Crippen molar-refractivity contribution in [1.82, 2.24) is 0 Å². The molecule has 2 N–H and O–H groups in total. The molecule has 0 heterocycles. The summed E-state index contributed by atoms with van der Waals surface area (Å²) in [6, 6.07) is 14.9. The Morgan fingerprint density at radius 1 is 1.05 bits per heavy atom. The Labute approximate surface area is 127 Å². The molecular formula is C19H25NO. The second kappa shape index (κ2) is 6.17. The lowest BCUT2D eigenvalue weighted by molar-refractivity contribution is -0.0828. The van der Waals surface area contributed by atoms with Crippen molar-refractivity contribution >= 4 is 10.8 Å². The molecule has 112 valence electrons. The molecule has 0 saturated heterocycles. The highest BCUT2D eigenvalue weighted by Gasteiger charge is 2.39. The van der Waals surface area contributed by atoms with Crippen molar-refractivity contribution in [3.63, 3.8) is 0 Å². The van der Waals surface area contributed by atoms with Gasteiger partial charge in [-0.2, -0.15) is 0 Å². The Bertz CT molecular complexity index is 591. The first-order valence-corrected chi connectivity index (χ1v) is 8.14. The molecule has 0 bridgehead atoms. The molecule has 1 saturated carbocycles. The van der Waals surface area contributed by atoms with Crippen LogP contribution in [0.5, 0.6) is 0 Å². The molecule has 0 amide bonds. The molecule has 1 aliphatic rings. The summed E-state index contributed by atoms with van der Waals surface area (Å²) < 4.78 is 6.21. The van der Waals surface area contributed by atoms with Crippen molar-refractivity contribution in [2.24, 2.45) is 5.73 Å². The van der Waals surface area contributed by atoms with E-state index >= 15 is 0 Å². The maximum Gasteiger partial charge on any atom is 0.0874 e. The number of ether oxygens (including phenoxy) is 1. The summed E-state index contributed by atoms with van der Waals surface area (Å²) in [6.07, 6.45) is 5.89. The average Bonchev–Trinajstić information content (AvgIpc) is 2.55. The van der Waals surface area contributed by atoms with Gasteiger partial charge < -0.3 is 10.5 Å². The van der Waals surface area contributed by atoms with E-state index in [0.717, 1.165) is 19.4 Å².